The van der Waals surface area contributed by atoms with Gasteiger partial charge in [0, 0.05) is 23.9 Å². The van der Waals surface area contributed by atoms with Crippen LogP contribution < -0.4 is 0 Å². The largest absolute Gasteiger partial charge is 0.378 e. The smallest absolute Gasteiger partial charge is 0.163 e. The van der Waals surface area contributed by atoms with Crippen LogP contribution in [0.2, 0.25) is 5.02 Å². The Morgan fingerprint density at radius 1 is 1.00 bits per heavy atom. The van der Waals surface area contributed by atoms with Crippen LogP contribution in [0.25, 0.3) is 28.0 Å². The summed E-state index contributed by atoms with van der Waals surface area (Å²) in [5.74, 6) is -0.276. The van der Waals surface area contributed by atoms with E-state index in [1.807, 2.05) is 30.3 Å². The van der Waals surface area contributed by atoms with Gasteiger partial charge in [0.15, 0.2) is 5.65 Å². The predicted molar refractivity (Wildman–Crippen MR) is 99.5 cm³/mol. The number of rotatable bonds is 4. The first kappa shape index (κ1) is 16.7. The Kier molecular flexibility index (Phi) is 4.41. The number of nitrogens with zero attached hydrogens (tertiary/aromatic N) is 3. The number of ether oxygens (including phenoxy) is 1. The quantitative estimate of drug-likeness (QED) is 0.509. The number of hydrogen-bond acceptors (Lipinski definition) is 3. The lowest BCUT2D eigenvalue weighted by Crippen LogP contribution is -1.96. The second-order valence-corrected chi connectivity index (χ2v) is 6.27. The van der Waals surface area contributed by atoms with Crippen LogP contribution in [0.1, 0.15) is 5.69 Å². The predicted octanol–water partition coefficient (Wildman–Crippen LogP) is 5.00. The molecule has 0 aliphatic rings. The van der Waals surface area contributed by atoms with E-state index in [-0.39, 0.29) is 5.82 Å². The highest BCUT2D eigenvalue weighted by Crippen LogP contribution is 2.31. The van der Waals surface area contributed by atoms with Gasteiger partial charge in [0.1, 0.15) is 5.82 Å². The molecule has 0 saturated heterocycles. The van der Waals surface area contributed by atoms with Crippen LogP contribution >= 0.6 is 11.6 Å². The summed E-state index contributed by atoms with van der Waals surface area (Å²) in [6, 6.07) is 15.7. The van der Waals surface area contributed by atoms with E-state index in [0.717, 1.165) is 28.1 Å². The lowest BCUT2D eigenvalue weighted by Gasteiger charge is -2.05. The van der Waals surface area contributed by atoms with Crippen molar-refractivity contribution in [2.45, 2.75) is 6.61 Å². The standard InChI is InChI=1S/C20H15ClFN3O/c1-26-12-17-19(14-2-6-15(21)7-3-14)20-23-11-10-18(25(20)24-17)13-4-8-16(22)9-5-13/h2-11H,12H2,1H3. The van der Waals surface area contributed by atoms with Crippen LogP contribution in [-0.2, 0) is 11.3 Å². The zero-order valence-corrected chi connectivity index (χ0v) is 14.7. The van der Waals surface area contributed by atoms with E-state index in [9.17, 15) is 4.39 Å². The fourth-order valence-corrected chi connectivity index (χ4v) is 3.10. The summed E-state index contributed by atoms with van der Waals surface area (Å²) in [4.78, 5) is 4.52. The monoisotopic (exact) mass is 367 g/mol. The van der Waals surface area contributed by atoms with Crippen molar-refractivity contribution in [1.82, 2.24) is 14.6 Å². The van der Waals surface area contributed by atoms with Crippen molar-refractivity contribution in [2.75, 3.05) is 7.11 Å². The molecule has 0 atom stereocenters. The zero-order valence-electron chi connectivity index (χ0n) is 14.0. The Balaban J connectivity index is 1.96. The zero-order chi connectivity index (χ0) is 18.1. The van der Waals surface area contributed by atoms with Gasteiger partial charge in [0.2, 0.25) is 0 Å². The molecule has 2 heterocycles. The van der Waals surface area contributed by atoms with E-state index in [2.05, 4.69) is 4.98 Å². The third kappa shape index (κ3) is 2.96. The highest BCUT2D eigenvalue weighted by Gasteiger charge is 2.18. The van der Waals surface area contributed by atoms with Gasteiger partial charge in [-0.3, -0.25) is 0 Å². The molecule has 0 spiro atoms. The van der Waals surface area contributed by atoms with Crippen LogP contribution in [0.15, 0.2) is 60.8 Å². The first-order valence-electron chi connectivity index (χ1n) is 8.05. The molecule has 2 aromatic carbocycles. The van der Waals surface area contributed by atoms with E-state index in [1.165, 1.54) is 12.1 Å². The minimum Gasteiger partial charge on any atom is -0.378 e. The van der Waals surface area contributed by atoms with Crippen molar-refractivity contribution < 1.29 is 9.13 Å². The van der Waals surface area contributed by atoms with Gasteiger partial charge in [0.05, 0.1) is 23.6 Å². The van der Waals surface area contributed by atoms with Crippen molar-refractivity contribution in [3.05, 3.63) is 77.3 Å². The fraction of sp³-hybridized carbons (Fsp3) is 0.100. The van der Waals surface area contributed by atoms with Crippen LogP contribution in [0, 0.1) is 5.82 Å². The first-order valence-corrected chi connectivity index (χ1v) is 8.42. The van der Waals surface area contributed by atoms with E-state index in [0.29, 0.717) is 17.3 Å². The van der Waals surface area contributed by atoms with Gasteiger partial charge in [-0.25, -0.2) is 13.9 Å². The number of halogens is 2. The SMILES string of the molecule is COCc1nn2c(-c3ccc(F)cc3)ccnc2c1-c1ccc(Cl)cc1. The highest BCUT2D eigenvalue weighted by molar-refractivity contribution is 6.30. The molecular formula is C20H15ClFN3O. The Morgan fingerprint density at radius 2 is 1.69 bits per heavy atom. The van der Waals surface area contributed by atoms with Gasteiger partial charge < -0.3 is 4.74 Å². The van der Waals surface area contributed by atoms with Crippen LogP contribution in [-0.4, -0.2) is 21.7 Å². The summed E-state index contributed by atoms with van der Waals surface area (Å²) < 4.78 is 20.4. The number of benzene rings is 2. The molecule has 0 N–H and O–H groups in total. The molecule has 6 heteroatoms. The summed E-state index contributed by atoms with van der Waals surface area (Å²) in [5.41, 5.74) is 5.02. The molecule has 0 aliphatic heterocycles. The summed E-state index contributed by atoms with van der Waals surface area (Å²) in [7, 11) is 1.63. The normalized spacial score (nSPS) is 11.2. The second kappa shape index (κ2) is 6.86. The maximum Gasteiger partial charge on any atom is 0.163 e. The minimum atomic E-state index is -0.276. The summed E-state index contributed by atoms with van der Waals surface area (Å²) in [6.45, 7) is 0.351. The maximum absolute atomic E-state index is 13.3. The molecule has 0 fully saturated rings. The third-order valence-corrected chi connectivity index (χ3v) is 4.40. The fourth-order valence-electron chi connectivity index (χ4n) is 2.98. The lowest BCUT2D eigenvalue weighted by molar-refractivity contribution is 0.181. The molecule has 0 unspecified atom stereocenters. The Morgan fingerprint density at radius 3 is 2.38 bits per heavy atom. The second-order valence-electron chi connectivity index (χ2n) is 5.83. The van der Waals surface area contributed by atoms with Gasteiger partial charge in [-0.1, -0.05) is 23.7 Å². The van der Waals surface area contributed by atoms with E-state index in [1.54, 1.807) is 30.0 Å². The van der Waals surface area contributed by atoms with E-state index >= 15 is 0 Å². The summed E-state index contributed by atoms with van der Waals surface area (Å²) in [5, 5.41) is 5.37. The molecule has 0 aliphatic carbocycles. The number of fused-ring (bicyclic) bond motifs is 1. The lowest BCUT2D eigenvalue weighted by atomic mass is 10.1. The molecule has 4 rings (SSSR count). The maximum atomic E-state index is 13.3. The van der Waals surface area contributed by atoms with Gasteiger partial charge >= 0.3 is 0 Å². The molecule has 2 aromatic heterocycles. The molecule has 4 nitrogen and oxygen atoms in total. The summed E-state index contributed by atoms with van der Waals surface area (Å²) in [6.07, 6.45) is 1.73. The third-order valence-electron chi connectivity index (χ3n) is 4.14. The van der Waals surface area contributed by atoms with Crippen molar-refractivity contribution in [1.29, 1.82) is 0 Å². The van der Waals surface area contributed by atoms with Gasteiger partial charge in [-0.05, 0) is 48.0 Å². The Labute approximate surface area is 154 Å². The molecule has 0 bridgehead atoms. The van der Waals surface area contributed by atoms with Crippen molar-refractivity contribution in [3.8, 4) is 22.4 Å². The average Bonchev–Trinajstić information content (AvgIpc) is 3.02. The molecule has 130 valence electrons. The van der Waals surface area contributed by atoms with E-state index < -0.39 is 0 Å². The van der Waals surface area contributed by atoms with E-state index in [4.69, 9.17) is 21.4 Å². The number of aromatic nitrogens is 3. The Hall–Kier alpha value is -2.76. The number of hydrogen-bond donors (Lipinski definition) is 0. The van der Waals surface area contributed by atoms with Crippen molar-refractivity contribution >= 4 is 17.2 Å². The highest BCUT2D eigenvalue weighted by atomic mass is 35.5. The van der Waals surface area contributed by atoms with Crippen molar-refractivity contribution in [2.24, 2.45) is 0 Å². The molecule has 4 aromatic rings. The molecule has 0 saturated carbocycles. The molecule has 0 amide bonds. The Bertz CT molecular complexity index is 1060. The first-order chi connectivity index (χ1) is 12.7. The van der Waals surface area contributed by atoms with Crippen LogP contribution in [0.5, 0.6) is 0 Å². The van der Waals surface area contributed by atoms with Crippen LogP contribution in [0.4, 0.5) is 4.39 Å². The average molecular weight is 368 g/mol. The molecular weight excluding hydrogens is 353 g/mol. The van der Waals surface area contributed by atoms with Gasteiger partial charge in [0.25, 0.3) is 0 Å². The van der Waals surface area contributed by atoms with Crippen LogP contribution in [0.3, 0.4) is 0 Å². The van der Waals surface area contributed by atoms with Crippen molar-refractivity contribution in [3.63, 3.8) is 0 Å². The van der Waals surface area contributed by atoms with Gasteiger partial charge in [-0.15, -0.1) is 0 Å². The van der Waals surface area contributed by atoms with Gasteiger partial charge in [-0.2, -0.15) is 5.10 Å². The number of methoxy groups -OCH3 is 1. The topological polar surface area (TPSA) is 39.4 Å². The molecule has 26 heavy (non-hydrogen) atoms. The summed E-state index contributed by atoms with van der Waals surface area (Å²) >= 11 is 6.02. The molecule has 0 radical (unpaired) electrons. The minimum absolute atomic E-state index is 0.276.